The van der Waals surface area contributed by atoms with Gasteiger partial charge in [0, 0.05) is 0 Å². The van der Waals surface area contributed by atoms with Crippen LogP contribution in [0, 0.1) is 0 Å². The van der Waals surface area contributed by atoms with Crippen LogP contribution in [0.1, 0.15) is 41.9 Å². The molecule has 0 saturated carbocycles. The van der Waals surface area contributed by atoms with Crippen molar-refractivity contribution in [2.75, 3.05) is 6.61 Å². The standard InChI is InChI=1S/C18H18O4.Na.H/c1-2-3-13-21-17(19)14-9-11-15(12-10-14)18(20)22-16-7-5-4-6-8-16;;/h4-12H,2-3,13H2,1H3;;/q;+1;-1. The molecule has 0 amide bonds. The predicted molar refractivity (Wildman–Crippen MR) is 84.1 cm³/mol. The molecule has 0 aliphatic carbocycles. The van der Waals surface area contributed by atoms with Crippen LogP contribution in [0.25, 0.3) is 0 Å². The van der Waals surface area contributed by atoms with E-state index in [0.29, 0.717) is 23.5 Å². The Labute approximate surface area is 159 Å². The largest absolute Gasteiger partial charge is 1.00 e. The maximum Gasteiger partial charge on any atom is 1.00 e. The van der Waals surface area contributed by atoms with Crippen molar-refractivity contribution in [1.82, 2.24) is 0 Å². The second-order valence-corrected chi connectivity index (χ2v) is 4.77. The van der Waals surface area contributed by atoms with Crippen LogP contribution >= 0.6 is 0 Å². The van der Waals surface area contributed by atoms with E-state index >= 15 is 0 Å². The molecule has 0 aromatic heterocycles. The molecule has 0 N–H and O–H groups in total. The van der Waals surface area contributed by atoms with Crippen LogP contribution < -0.4 is 34.3 Å². The summed E-state index contributed by atoms with van der Waals surface area (Å²) in [6.45, 7) is 2.44. The maximum atomic E-state index is 12.0. The minimum absolute atomic E-state index is 0. The first-order valence-corrected chi connectivity index (χ1v) is 7.25. The zero-order chi connectivity index (χ0) is 15.8. The van der Waals surface area contributed by atoms with Gasteiger partial charge in [-0.15, -0.1) is 0 Å². The summed E-state index contributed by atoms with van der Waals surface area (Å²) >= 11 is 0. The molecule has 0 fully saturated rings. The number of ether oxygens (including phenoxy) is 2. The molecule has 2 aromatic carbocycles. The second-order valence-electron chi connectivity index (χ2n) is 4.77. The molecular weight excluding hydrogens is 303 g/mol. The summed E-state index contributed by atoms with van der Waals surface area (Å²) in [6, 6.07) is 15.1. The van der Waals surface area contributed by atoms with Gasteiger partial charge in [-0.25, -0.2) is 9.59 Å². The molecule has 0 aliphatic heterocycles. The monoisotopic (exact) mass is 322 g/mol. The Kier molecular flexibility index (Phi) is 8.62. The fourth-order valence-corrected chi connectivity index (χ4v) is 1.79. The van der Waals surface area contributed by atoms with E-state index in [2.05, 4.69) is 0 Å². The van der Waals surface area contributed by atoms with E-state index in [-0.39, 0.29) is 37.0 Å². The Morgan fingerprint density at radius 1 is 0.913 bits per heavy atom. The van der Waals surface area contributed by atoms with Gasteiger partial charge in [0.05, 0.1) is 17.7 Å². The van der Waals surface area contributed by atoms with Crippen molar-refractivity contribution in [2.45, 2.75) is 19.8 Å². The molecular formula is C18H19NaO4. The SMILES string of the molecule is CCCCOC(=O)c1ccc(C(=O)Oc2ccccc2)cc1.[H-].[Na+]. The first kappa shape index (κ1) is 19.4. The van der Waals surface area contributed by atoms with Gasteiger partial charge in [0.1, 0.15) is 5.75 Å². The van der Waals surface area contributed by atoms with E-state index in [9.17, 15) is 9.59 Å². The predicted octanol–water partition coefficient (Wildman–Crippen LogP) is 0.979. The average Bonchev–Trinajstić information content (AvgIpc) is 2.56. The molecule has 0 aliphatic rings. The van der Waals surface area contributed by atoms with Crippen molar-refractivity contribution in [1.29, 1.82) is 0 Å². The number of carbonyl (C=O) groups is 2. The average molecular weight is 322 g/mol. The molecule has 4 nitrogen and oxygen atoms in total. The van der Waals surface area contributed by atoms with Crippen LogP contribution in [-0.2, 0) is 4.74 Å². The van der Waals surface area contributed by atoms with E-state index in [1.807, 2.05) is 13.0 Å². The van der Waals surface area contributed by atoms with E-state index in [0.717, 1.165) is 12.8 Å². The first-order chi connectivity index (χ1) is 10.7. The van der Waals surface area contributed by atoms with Crippen molar-refractivity contribution >= 4 is 11.9 Å². The molecule has 116 valence electrons. The summed E-state index contributed by atoms with van der Waals surface area (Å²) in [5.41, 5.74) is 0.807. The van der Waals surface area contributed by atoms with Crippen LogP contribution in [0.5, 0.6) is 5.75 Å². The van der Waals surface area contributed by atoms with Gasteiger partial charge in [-0.2, -0.15) is 0 Å². The molecule has 2 aromatic rings. The molecule has 0 saturated heterocycles. The van der Waals surface area contributed by atoms with Crippen molar-refractivity contribution in [2.24, 2.45) is 0 Å². The number of esters is 2. The summed E-state index contributed by atoms with van der Waals surface area (Å²) in [7, 11) is 0. The van der Waals surface area contributed by atoms with Gasteiger partial charge in [-0.3, -0.25) is 0 Å². The fourth-order valence-electron chi connectivity index (χ4n) is 1.79. The van der Waals surface area contributed by atoms with E-state index < -0.39 is 5.97 Å². The van der Waals surface area contributed by atoms with Crippen LogP contribution in [0.2, 0.25) is 0 Å². The van der Waals surface area contributed by atoms with Crippen molar-refractivity contribution in [3.8, 4) is 5.75 Å². The Bertz CT molecular complexity index is 629. The Hall–Kier alpha value is -1.62. The van der Waals surface area contributed by atoms with Crippen molar-refractivity contribution in [3.63, 3.8) is 0 Å². The second kappa shape index (κ2) is 10.2. The zero-order valence-corrected chi connectivity index (χ0v) is 15.5. The van der Waals surface area contributed by atoms with Gasteiger partial charge in [0.15, 0.2) is 0 Å². The Morgan fingerprint density at radius 3 is 2.04 bits per heavy atom. The maximum absolute atomic E-state index is 12.0. The minimum Gasteiger partial charge on any atom is -1.00 e. The van der Waals surface area contributed by atoms with Gasteiger partial charge in [0.2, 0.25) is 0 Å². The van der Waals surface area contributed by atoms with Crippen LogP contribution in [0.4, 0.5) is 0 Å². The summed E-state index contributed by atoms with van der Waals surface area (Å²) in [5, 5.41) is 0. The van der Waals surface area contributed by atoms with Crippen molar-refractivity contribution < 1.29 is 50.0 Å². The Balaban J connectivity index is 0.00000264. The molecule has 0 bridgehead atoms. The third-order valence-electron chi connectivity index (χ3n) is 3.04. The summed E-state index contributed by atoms with van der Waals surface area (Å²) < 4.78 is 10.3. The van der Waals surface area contributed by atoms with E-state index in [1.165, 1.54) is 0 Å². The summed E-state index contributed by atoms with van der Waals surface area (Å²) in [6.07, 6.45) is 1.81. The van der Waals surface area contributed by atoms with Gasteiger partial charge in [0.25, 0.3) is 0 Å². The molecule has 0 spiro atoms. The zero-order valence-electron chi connectivity index (χ0n) is 14.5. The van der Waals surface area contributed by atoms with Gasteiger partial charge in [-0.05, 0) is 42.8 Å². The fraction of sp³-hybridized carbons (Fsp3) is 0.222. The first-order valence-electron chi connectivity index (χ1n) is 7.25. The molecule has 23 heavy (non-hydrogen) atoms. The molecule has 5 heteroatoms. The number of hydrogen-bond donors (Lipinski definition) is 0. The van der Waals surface area contributed by atoms with Gasteiger partial charge in [-0.1, -0.05) is 31.5 Å². The minimum atomic E-state index is -0.461. The van der Waals surface area contributed by atoms with Crippen LogP contribution in [0.15, 0.2) is 54.6 Å². The quantitative estimate of drug-likeness (QED) is 0.344. The Morgan fingerprint density at radius 2 is 1.48 bits per heavy atom. The number of carbonyl (C=O) groups excluding carboxylic acids is 2. The molecule has 0 radical (unpaired) electrons. The van der Waals surface area contributed by atoms with E-state index in [1.54, 1.807) is 48.5 Å². The normalized spacial score (nSPS) is 9.61. The third kappa shape index (κ3) is 6.18. The third-order valence-corrected chi connectivity index (χ3v) is 3.04. The number of unbranched alkanes of at least 4 members (excludes halogenated alkanes) is 1. The number of rotatable bonds is 6. The smallest absolute Gasteiger partial charge is 1.00 e. The van der Waals surface area contributed by atoms with Gasteiger partial charge < -0.3 is 10.9 Å². The number of para-hydroxylation sites is 1. The van der Waals surface area contributed by atoms with Crippen molar-refractivity contribution in [3.05, 3.63) is 65.7 Å². The van der Waals surface area contributed by atoms with E-state index in [4.69, 9.17) is 9.47 Å². The molecule has 0 unspecified atom stereocenters. The van der Waals surface area contributed by atoms with Crippen LogP contribution in [0.3, 0.4) is 0 Å². The summed E-state index contributed by atoms with van der Waals surface area (Å²) in [4.78, 5) is 23.7. The van der Waals surface area contributed by atoms with Gasteiger partial charge >= 0.3 is 41.5 Å². The number of benzene rings is 2. The summed E-state index contributed by atoms with van der Waals surface area (Å²) in [5.74, 6) is -0.357. The molecule has 0 atom stereocenters. The molecule has 2 rings (SSSR count). The van der Waals surface area contributed by atoms with Crippen LogP contribution in [-0.4, -0.2) is 18.5 Å². The number of hydrogen-bond acceptors (Lipinski definition) is 4. The topological polar surface area (TPSA) is 52.6 Å². The molecule has 0 heterocycles.